The Balaban J connectivity index is 1.78. The first-order valence-corrected chi connectivity index (χ1v) is 10.4. The van der Waals surface area contributed by atoms with Crippen molar-refractivity contribution in [3.05, 3.63) is 46.2 Å². The van der Waals surface area contributed by atoms with Crippen molar-refractivity contribution >= 4 is 40.4 Å². The molecule has 8 heteroatoms. The number of carbonyl (C=O) groups excluding carboxylic acids is 3. The van der Waals surface area contributed by atoms with Crippen LogP contribution in [0.2, 0.25) is 0 Å². The van der Waals surface area contributed by atoms with E-state index in [1.165, 1.54) is 11.8 Å². The molecule has 1 aromatic heterocycles. The number of nitrogens with one attached hydrogen (secondary N) is 3. The van der Waals surface area contributed by atoms with Gasteiger partial charge in [-0.3, -0.25) is 19.3 Å². The van der Waals surface area contributed by atoms with Gasteiger partial charge in [-0.15, -0.1) is 11.3 Å². The molecule has 156 valence electrons. The summed E-state index contributed by atoms with van der Waals surface area (Å²) in [4.78, 5) is 39.7. The number of rotatable bonds is 10. The summed E-state index contributed by atoms with van der Waals surface area (Å²) in [5.41, 5.74) is 1.30. The molecule has 0 aliphatic heterocycles. The Hall–Kier alpha value is -2.71. The van der Waals surface area contributed by atoms with Gasteiger partial charge in [0.15, 0.2) is 0 Å². The lowest BCUT2D eigenvalue weighted by Gasteiger charge is -2.19. The predicted molar refractivity (Wildman–Crippen MR) is 117 cm³/mol. The van der Waals surface area contributed by atoms with Crippen molar-refractivity contribution in [1.82, 2.24) is 10.2 Å². The molecule has 1 aromatic carbocycles. The Labute approximate surface area is 175 Å². The molecule has 0 fully saturated rings. The summed E-state index contributed by atoms with van der Waals surface area (Å²) in [6.07, 6.45) is 0.993. The minimum absolute atomic E-state index is 0.106. The average Bonchev–Trinajstić information content (AvgIpc) is 3.15. The highest BCUT2D eigenvalue weighted by Gasteiger charge is 2.13. The lowest BCUT2D eigenvalue weighted by atomic mass is 10.2. The highest BCUT2D eigenvalue weighted by Crippen LogP contribution is 2.16. The summed E-state index contributed by atoms with van der Waals surface area (Å²) in [6.45, 7) is 6.84. The lowest BCUT2D eigenvalue weighted by molar-refractivity contribution is -0.123. The summed E-state index contributed by atoms with van der Waals surface area (Å²) < 4.78 is 0. The van der Waals surface area contributed by atoms with Crippen LogP contribution in [-0.4, -0.2) is 42.3 Å². The summed E-state index contributed by atoms with van der Waals surface area (Å²) in [6, 6.07) is 11.0. The van der Waals surface area contributed by atoms with Crippen molar-refractivity contribution < 1.29 is 14.4 Å². The summed E-state index contributed by atoms with van der Waals surface area (Å²) in [5, 5.41) is 8.39. The van der Waals surface area contributed by atoms with Crippen LogP contribution >= 0.6 is 11.3 Å². The molecule has 0 aliphatic carbocycles. The third kappa shape index (κ3) is 8.05. The number of likely N-dealkylation sites (N-methyl/N-ethyl adjacent to an activating group) is 1. The molecule has 0 atom stereocenters. The van der Waals surface area contributed by atoms with E-state index in [0.29, 0.717) is 24.5 Å². The normalized spacial score (nSPS) is 10.6. The van der Waals surface area contributed by atoms with Gasteiger partial charge >= 0.3 is 0 Å². The van der Waals surface area contributed by atoms with Crippen molar-refractivity contribution in [2.75, 3.05) is 30.3 Å². The second kappa shape index (κ2) is 11.3. The number of hydrogen-bond donors (Lipinski definition) is 3. The van der Waals surface area contributed by atoms with Crippen LogP contribution in [0.3, 0.4) is 0 Å². The van der Waals surface area contributed by atoms with Crippen molar-refractivity contribution in [2.24, 2.45) is 0 Å². The molecule has 0 bridgehead atoms. The molecular formula is C21H28N4O3S. The van der Waals surface area contributed by atoms with Gasteiger partial charge in [0.2, 0.25) is 17.7 Å². The maximum Gasteiger partial charge on any atom is 0.238 e. The Kier molecular flexibility index (Phi) is 8.82. The standard InChI is InChI=1S/C21H28N4O3S/c1-4-18-10-11-19(29-18)12-22-20(27)13-25(5-2)14-21(28)24-17-8-6-16(7-9-17)23-15(3)26/h6-11H,4-5,12-14H2,1-3H3,(H,22,27)(H,23,26)(H,24,28). The highest BCUT2D eigenvalue weighted by molar-refractivity contribution is 7.11. The second-order valence-corrected chi connectivity index (χ2v) is 7.86. The first-order valence-electron chi connectivity index (χ1n) is 9.63. The number of amides is 3. The lowest BCUT2D eigenvalue weighted by Crippen LogP contribution is -2.40. The fourth-order valence-corrected chi connectivity index (χ4v) is 3.57. The van der Waals surface area contributed by atoms with E-state index in [1.807, 2.05) is 13.0 Å². The molecule has 29 heavy (non-hydrogen) atoms. The van der Waals surface area contributed by atoms with E-state index >= 15 is 0 Å². The number of benzene rings is 1. The summed E-state index contributed by atoms with van der Waals surface area (Å²) >= 11 is 1.70. The average molecular weight is 417 g/mol. The Morgan fingerprint density at radius 2 is 1.45 bits per heavy atom. The zero-order valence-corrected chi connectivity index (χ0v) is 17.9. The van der Waals surface area contributed by atoms with Crippen LogP contribution in [0.5, 0.6) is 0 Å². The Morgan fingerprint density at radius 1 is 0.862 bits per heavy atom. The zero-order chi connectivity index (χ0) is 21.2. The van der Waals surface area contributed by atoms with Crippen LogP contribution in [0.4, 0.5) is 11.4 Å². The monoisotopic (exact) mass is 416 g/mol. The molecule has 2 rings (SSSR count). The van der Waals surface area contributed by atoms with Gasteiger partial charge in [-0.05, 0) is 49.4 Å². The minimum Gasteiger partial charge on any atom is -0.350 e. The van der Waals surface area contributed by atoms with Crippen LogP contribution in [0.15, 0.2) is 36.4 Å². The quantitative estimate of drug-likeness (QED) is 0.555. The van der Waals surface area contributed by atoms with Crippen LogP contribution in [0.25, 0.3) is 0 Å². The van der Waals surface area contributed by atoms with E-state index < -0.39 is 0 Å². The Bertz CT molecular complexity index is 833. The number of thiophene rings is 1. The summed E-state index contributed by atoms with van der Waals surface area (Å²) in [7, 11) is 0. The van der Waals surface area contributed by atoms with Gasteiger partial charge in [0.1, 0.15) is 0 Å². The first kappa shape index (κ1) is 22.6. The largest absolute Gasteiger partial charge is 0.350 e. The number of hydrogen-bond acceptors (Lipinski definition) is 5. The van der Waals surface area contributed by atoms with Crippen molar-refractivity contribution in [3.8, 4) is 0 Å². The molecule has 0 saturated carbocycles. The third-order valence-electron chi connectivity index (χ3n) is 4.20. The maximum absolute atomic E-state index is 12.3. The van der Waals surface area contributed by atoms with Crippen LogP contribution in [0.1, 0.15) is 30.5 Å². The third-order valence-corrected chi connectivity index (χ3v) is 5.43. The topological polar surface area (TPSA) is 90.5 Å². The van der Waals surface area contributed by atoms with Crippen LogP contribution in [0, 0.1) is 0 Å². The van der Waals surface area contributed by atoms with Crippen LogP contribution in [-0.2, 0) is 27.3 Å². The number of carbonyl (C=O) groups is 3. The van der Waals surface area contributed by atoms with E-state index in [9.17, 15) is 14.4 Å². The van der Waals surface area contributed by atoms with Gasteiger partial charge in [-0.1, -0.05) is 13.8 Å². The Morgan fingerprint density at radius 3 is 2.00 bits per heavy atom. The molecule has 0 radical (unpaired) electrons. The molecular weight excluding hydrogens is 388 g/mol. The molecule has 0 unspecified atom stereocenters. The second-order valence-electron chi connectivity index (χ2n) is 6.61. The molecule has 0 saturated heterocycles. The van der Waals surface area contributed by atoms with E-state index in [-0.39, 0.29) is 30.8 Å². The molecule has 1 heterocycles. The summed E-state index contributed by atoms with van der Waals surface area (Å²) in [5.74, 6) is -0.452. The van der Waals surface area contributed by atoms with Gasteiger partial charge < -0.3 is 16.0 Å². The van der Waals surface area contributed by atoms with E-state index in [4.69, 9.17) is 0 Å². The fraction of sp³-hybridized carbons (Fsp3) is 0.381. The van der Waals surface area contributed by atoms with Gasteiger partial charge in [-0.2, -0.15) is 0 Å². The molecule has 3 N–H and O–H groups in total. The van der Waals surface area contributed by atoms with Gasteiger partial charge in [0.25, 0.3) is 0 Å². The van der Waals surface area contributed by atoms with Gasteiger partial charge in [0, 0.05) is 28.1 Å². The van der Waals surface area contributed by atoms with E-state index in [0.717, 1.165) is 11.3 Å². The number of aryl methyl sites for hydroxylation is 1. The molecule has 0 spiro atoms. The molecule has 2 aromatic rings. The van der Waals surface area contributed by atoms with Crippen molar-refractivity contribution in [3.63, 3.8) is 0 Å². The van der Waals surface area contributed by atoms with Crippen molar-refractivity contribution in [1.29, 1.82) is 0 Å². The smallest absolute Gasteiger partial charge is 0.238 e. The van der Waals surface area contributed by atoms with Crippen LogP contribution < -0.4 is 16.0 Å². The fourth-order valence-electron chi connectivity index (χ4n) is 2.68. The van der Waals surface area contributed by atoms with Crippen molar-refractivity contribution in [2.45, 2.75) is 33.7 Å². The minimum atomic E-state index is -0.197. The van der Waals surface area contributed by atoms with E-state index in [1.54, 1.807) is 40.5 Å². The maximum atomic E-state index is 12.3. The highest BCUT2D eigenvalue weighted by atomic mass is 32.1. The SMILES string of the molecule is CCc1ccc(CNC(=O)CN(CC)CC(=O)Nc2ccc(NC(C)=O)cc2)s1. The van der Waals surface area contributed by atoms with Gasteiger partial charge in [-0.25, -0.2) is 0 Å². The first-order chi connectivity index (χ1) is 13.9. The van der Waals surface area contributed by atoms with Gasteiger partial charge in [0.05, 0.1) is 19.6 Å². The molecule has 0 aliphatic rings. The number of anilines is 2. The zero-order valence-electron chi connectivity index (χ0n) is 17.1. The molecule has 7 nitrogen and oxygen atoms in total. The predicted octanol–water partition coefficient (Wildman–Crippen LogP) is 2.85. The molecule has 3 amide bonds. The number of nitrogens with zero attached hydrogens (tertiary/aromatic N) is 1. The van der Waals surface area contributed by atoms with E-state index in [2.05, 4.69) is 28.9 Å².